The molecule has 0 saturated carbocycles. The van der Waals surface area contributed by atoms with Crippen LogP contribution in [0, 0.1) is 13.8 Å². The molecule has 2 heterocycles. The fourth-order valence-corrected chi connectivity index (χ4v) is 2.24. The molecule has 3 rings (SSSR count). The van der Waals surface area contributed by atoms with Crippen LogP contribution in [-0.4, -0.2) is 30.1 Å². The fraction of sp³-hybridized carbons (Fsp3) is 0.267. The summed E-state index contributed by atoms with van der Waals surface area (Å²) < 4.78 is 10.3. The summed E-state index contributed by atoms with van der Waals surface area (Å²) in [6, 6.07) is 7.09. The molecule has 0 spiro atoms. The molecular formula is C15H15N3O4. The summed E-state index contributed by atoms with van der Waals surface area (Å²) in [7, 11) is 0. The van der Waals surface area contributed by atoms with Crippen LogP contribution in [0.1, 0.15) is 11.3 Å². The van der Waals surface area contributed by atoms with E-state index in [-0.39, 0.29) is 25.0 Å². The fourth-order valence-electron chi connectivity index (χ4n) is 2.24. The van der Waals surface area contributed by atoms with Crippen LogP contribution in [0.25, 0.3) is 0 Å². The number of aromatic nitrogens is 1. The number of amides is 2. The number of aryl methyl sites for hydroxylation is 2. The lowest BCUT2D eigenvalue weighted by Gasteiger charge is -2.28. The van der Waals surface area contributed by atoms with Gasteiger partial charge in [-0.3, -0.25) is 14.5 Å². The van der Waals surface area contributed by atoms with E-state index in [0.717, 1.165) is 5.56 Å². The molecule has 1 aliphatic rings. The van der Waals surface area contributed by atoms with Gasteiger partial charge in [-0.15, -0.1) is 0 Å². The molecular weight excluding hydrogens is 286 g/mol. The highest BCUT2D eigenvalue weighted by Gasteiger charge is 2.27. The summed E-state index contributed by atoms with van der Waals surface area (Å²) in [4.78, 5) is 25.5. The lowest BCUT2D eigenvalue weighted by molar-refractivity contribution is -0.123. The second-order valence-electron chi connectivity index (χ2n) is 5.11. The van der Waals surface area contributed by atoms with Gasteiger partial charge in [-0.05, 0) is 31.5 Å². The van der Waals surface area contributed by atoms with E-state index in [0.29, 0.717) is 23.0 Å². The zero-order valence-electron chi connectivity index (χ0n) is 12.3. The molecule has 7 nitrogen and oxygen atoms in total. The van der Waals surface area contributed by atoms with E-state index in [1.54, 1.807) is 19.1 Å². The first kappa shape index (κ1) is 14.1. The Morgan fingerprint density at radius 3 is 2.91 bits per heavy atom. The van der Waals surface area contributed by atoms with Crippen LogP contribution in [0.4, 0.5) is 11.5 Å². The highest BCUT2D eigenvalue weighted by Crippen LogP contribution is 2.32. The summed E-state index contributed by atoms with van der Waals surface area (Å²) >= 11 is 0. The van der Waals surface area contributed by atoms with Crippen LogP contribution in [-0.2, 0) is 9.59 Å². The Labute approximate surface area is 126 Å². The minimum absolute atomic E-state index is 0.0766. The van der Waals surface area contributed by atoms with Crippen molar-refractivity contribution in [3.8, 4) is 5.75 Å². The van der Waals surface area contributed by atoms with E-state index in [9.17, 15) is 9.59 Å². The Hall–Kier alpha value is -2.83. The van der Waals surface area contributed by atoms with Gasteiger partial charge in [0.2, 0.25) is 5.91 Å². The average Bonchev–Trinajstić information content (AvgIpc) is 2.87. The summed E-state index contributed by atoms with van der Waals surface area (Å²) in [6.45, 7) is 3.48. The van der Waals surface area contributed by atoms with Gasteiger partial charge in [0.15, 0.2) is 12.4 Å². The molecule has 2 amide bonds. The van der Waals surface area contributed by atoms with Gasteiger partial charge in [0.25, 0.3) is 5.91 Å². The van der Waals surface area contributed by atoms with Crippen molar-refractivity contribution in [2.75, 3.05) is 23.4 Å². The second-order valence-corrected chi connectivity index (χ2v) is 5.11. The highest BCUT2D eigenvalue weighted by atomic mass is 16.5. The van der Waals surface area contributed by atoms with Crippen LogP contribution >= 0.6 is 0 Å². The van der Waals surface area contributed by atoms with E-state index in [1.165, 1.54) is 4.90 Å². The molecule has 114 valence electrons. The monoisotopic (exact) mass is 301 g/mol. The Bertz CT molecular complexity index is 738. The maximum Gasteiger partial charge on any atom is 0.265 e. The first-order valence-electron chi connectivity index (χ1n) is 6.80. The minimum atomic E-state index is -0.352. The van der Waals surface area contributed by atoms with Gasteiger partial charge < -0.3 is 14.6 Å². The van der Waals surface area contributed by atoms with E-state index >= 15 is 0 Å². The molecule has 1 aliphatic heterocycles. The molecule has 1 N–H and O–H groups in total. The molecule has 0 fully saturated rings. The average molecular weight is 301 g/mol. The SMILES string of the molecule is Cc1ccc2c(c1)OCC(=O)N2CC(=O)Nc1cc(C)on1. The molecule has 0 saturated heterocycles. The number of hydrogen-bond donors (Lipinski definition) is 1. The quantitative estimate of drug-likeness (QED) is 0.932. The number of anilines is 2. The number of carbonyl (C=O) groups is 2. The van der Waals surface area contributed by atoms with Gasteiger partial charge in [0, 0.05) is 6.07 Å². The third-order valence-corrected chi connectivity index (χ3v) is 3.26. The number of hydrogen-bond acceptors (Lipinski definition) is 5. The molecule has 7 heteroatoms. The van der Waals surface area contributed by atoms with E-state index < -0.39 is 0 Å². The standard InChI is InChI=1S/C15H15N3O4/c1-9-3-4-11-12(5-9)21-8-15(20)18(11)7-14(19)16-13-6-10(2)22-17-13/h3-6H,7-8H2,1-2H3,(H,16,17,19). The summed E-state index contributed by atoms with van der Waals surface area (Å²) in [5, 5.41) is 6.28. The molecule has 0 radical (unpaired) electrons. The van der Waals surface area contributed by atoms with Gasteiger partial charge in [-0.2, -0.15) is 0 Å². The second kappa shape index (κ2) is 5.51. The van der Waals surface area contributed by atoms with Crippen molar-refractivity contribution in [2.24, 2.45) is 0 Å². The van der Waals surface area contributed by atoms with E-state index in [1.807, 2.05) is 19.1 Å². The zero-order valence-corrected chi connectivity index (χ0v) is 12.3. The normalized spacial score (nSPS) is 13.5. The third-order valence-electron chi connectivity index (χ3n) is 3.26. The number of rotatable bonds is 3. The Morgan fingerprint density at radius 1 is 1.36 bits per heavy atom. The maximum atomic E-state index is 12.1. The smallest absolute Gasteiger partial charge is 0.265 e. The molecule has 0 unspecified atom stereocenters. The maximum absolute atomic E-state index is 12.1. The topological polar surface area (TPSA) is 84.7 Å². The number of carbonyl (C=O) groups excluding carboxylic acids is 2. The lowest BCUT2D eigenvalue weighted by atomic mass is 10.1. The van der Waals surface area contributed by atoms with E-state index in [4.69, 9.17) is 9.26 Å². The van der Waals surface area contributed by atoms with Crippen molar-refractivity contribution in [3.63, 3.8) is 0 Å². The molecule has 0 atom stereocenters. The number of nitrogens with one attached hydrogen (secondary N) is 1. The summed E-state index contributed by atoms with van der Waals surface area (Å²) in [5.74, 6) is 0.911. The number of ether oxygens (including phenoxy) is 1. The van der Waals surface area contributed by atoms with Crippen LogP contribution < -0.4 is 15.0 Å². The summed E-state index contributed by atoms with van der Waals surface area (Å²) in [6.07, 6.45) is 0. The molecule has 0 bridgehead atoms. The highest BCUT2D eigenvalue weighted by molar-refractivity contribution is 6.04. The third kappa shape index (κ3) is 2.78. The van der Waals surface area contributed by atoms with Crippen molar-refractivity contribution >= 4 is 23.3 Å². The summed E-state index contributed by atoms with van der Waals surface area (Å²) in [5.41, 5.74) is 1.61. The lowest BCUT2D eigenvalue weighted by Crippen LogP contribution is -2.43. The van der Waals surface area contributed by atoms with Gasteiger partial charge in [-0.25, -0.2) is 0 Å². The van der Waals surface area contributed by atoms with Crippen molar-refractivity contribution in [1.29, 1.82) is 0 Å². The molecule has 0 aliphatic carbocycles. The predicted molar refractivity (Wildman–Crippen MR) is 78.9 cm³/mol. The molecule has 1 aromatic carbocycles. The van der Waals surface area contributed by atoms with Crippen LogP contribution in [0.15, 0.2) is 28.8 Å². The van der Waals surface area contributed by atoms with E-state index in [2.05, 4.69) is 10.5 Å². The van der Waals surface area contributed by atoms with Crippen molar-refractivity contribution in [2.45, 2.75) is 13.8 Å². The Kier molecular flexibility index (Phi) is 3.54. The van der Waals surface area contributed by atoms with Crippen LogP contribution in [0.5, 0.6) is 5.75 Å². The number of fused-ring (bicyclic) bond motifs is 1. The molecule has 22 heavy (non-hydrogen) atoms. The van der Waals surface area contributed by atoms with Crippen LogP contribution in [0.2, 0.25) is 0 Å². The first-order chi connectivity index (χ1) is 10.5. The molecule has 1 aromatic heterocycles. The zero-order chi connectivity index (χ0) is 15.7. The van der Waals surface area contributed by atoms with Gasteiger partial charge >= 0.3 is 0 Å². The number of nitrogens with zero attached hydrogens (tertiary/aromatic N) is 2. The Morgan fingerprint density at radius 2 is 2.18 bits per heavy atom. The van der Waals surface area contributed by atoms with Crippen molar-refractivity contribution in [1.82, 2.24) is 5.16 Å². The van der Waals surface area contributed by atoms with Crippen LogP contribution in [0.3, 0.4) is 0 Å². The predicted octanol–water partition coefficient (Wildman–Crippen LogP) is 1.66. The first-order valence-corrected chi connectivity index (χ1v) is 6.80. The van der Waals surface area contributed by atoms with Gasteiger partial charge in [0.1, 0.15) is 18.1 Å². The number of benzene rings is 1. The molecule has 2 aromatic rings. The van der Waals surface area contributed by atoms with Gasteiger partial charge in [0.05, 0.1) is 5.69 Å². The minimum Gasteiger partial charge on any atom is -0.482 e. The largest absolute Gasteiger partial charge is 0.482 e. The van der Waals surface area contributed by atoms with Crippen molar-refractivity contribution in [3.05, 3.63) is 35.6 Å². The van der Waals surface area contributed by atoms with Gasteiger partial charge in [-0.1, -0.05) is 11.2 Å². The Balaban J connectivity index is 1.77. The van der Waals surface area contributed by atoms with Crippen molar-refractivity contribution < 1.29 is 18.8 Å².